The van der Waals surface area contributed by atoms with Crippen molar-refractivity contribution in [2.45, 2.75) is 0 Å². The summed E-state index contributed by atoms with van der Waals surface area (Å²) in [6.45, 7) is 0. The van der Waals surface area contributed by atoms with Gasteiger partial charge in [-0.2, -0.15) is 0 Å². The molecular weight excluding hydrogens is 532 g/mol. The first kappa shape index (κ1) is 24.7. The minimum atomic E-state index is 1.16. The van der Waals surface area contributed by atoms with Crippen LogP contribution in [0.2, 0.25) is 0 Å². The molecule has 9 rings (SSSR count). The van der Waals surface area contributed by atoms with Gasteiger partial charge in [0.2, 0.25) is 0 Å². The molecule has 0 saturated carbocycles. The Morgan fingerprint density at radius 3 is 1.39 bits per heavy atom. The zero-order valence-electron chi connectivity index (χ0n) is 24.1. The topological polar surface area (TPSA) is 9.86 Å². The van der Waals surface area contributed by atoms with Crippen LogP contribution in [0.3, 0.4) is 0 Å². The summed E-state index contributed by atoms with van der Waals surface area (Å²) in [7, 11) is 0. The molecule has 9 aromatic rings. The summed E-state index contributed by atoms with van der Waals surface area (Å²) in [4.78, 5) is 0. The molecule has 0 spiro atoms. The van der Waals surface area contributed by atoms with Gasteiger partial charge in [0.05, 0.1) is 22.1 Å². The summed E-state index contributed by atoms with van der Waals surface area (Å²) in [6.07, 6.45) is 0. The van der Waals surface area contributed by atoms with Crippen molar-refractivity contribution < 1.29 is 0 Å². The number of fused-ring (bicyclic) bond motifs is 7. The number of aromatic nitrogens is 2. The third-order valence-corrected chi connectivity index (χ3v) is 8.90. The Kier molecular flexibility index (Phi) is 5.54. The van der Waals surface area contributed by atoms with E-state index < -0.39 is 0 Å². The zero-order valence-corrected chi connectivity index (χ0v) is 24.1. The molecule has 7 aromatic carbocycles. The first-order valence-corrected chi connectivity index (χ1v) is 15.1. The number of nitrogens with zero attached hydrogens (tertiary/aromatic N) is 2. The van der Waals surface area contributed by atoms with Gasteiger partial charge in [-0.25, -0.2) is 0 Å². The number of rotatable bonds is 4. The molecule has 0 unspecified atom stereocenters. The first-order chi connectivity index (χ1) is 21.8. The van der Waals surface area contributed by atoms with Crippen molar-refractivity contribution in [3.05, 3.63) is 170 Å². The Hall–Kier alpha value is -5.86. The van der Waals surface area contributed by atoms with Crippen LogP contribution in [-0.4, -0.2) is 9.13 Å². The predicted octanol–water partition coefficient (Wildman–Crippen LogP) is 11.2. The normalized spacial score (nSPS) is 11.6. The van der Waals surface area contributed by atoms with Crippen LogP contribution in [0.25, 0.3) is 77.2 Å². The number of benzene rings is 7. The monoisotopic (exact) mass is 560 g/mol. The van der Waals surface area contributed by atoms with Crippen LogP contribution in [0.5, 0.6) is 0 Å². The molecule has 0 amide bonds. The molecule has 0 fully saturated rings. The molecule has 2 aromatic heterocycles. The molecule has 44 heavy (non-hydrogen) atoms. The second-order valence-corrected chi connectivity index (χ2v) is 11.4. The summed E-state index contributed by atoms with van der Waals surface area (Å²) >= 11 is 0. The Balaban J connectivity index is 1.40. The van der Waals surface area contributed by atoms with E-state index in [9.17, 15) is 0 Å². The summed E-state index contributed by atoms with van der Waals surface area (Å²) in [5.41, 5.74) is 12.1. The van der Waals surface area contributed by atoms with Crippen LogP contribution in [0, 0.1) is 0 Å². The van der Waals surface area contributed by atoms with Crippen LogP contribution in [0.1, 0.15) is 0 Å². The van der Waals surface area contributed by atoms with E-state index in [0.29, 0.717) is 0 Å². The molecule has 0 aliphatic carbocycles. The first-order valence-electron chi connectivity index (χ1n) is 15.1. The maximum atomic E-state index is 2.42. The molecule has 0 radical (unpaired) electrons. The minimum Gasteiger partial charge on any atom is -0.309 e. The maximum absolute atomic E-state index is 2.42. The molecule has 0 atom stereocenters. The largest absolute Gasteiger partial charge is 0.309 e. The van der Waals surface area contributed by atoms with Gasteiger partial charge in [0.25, 0.3) is 0 Å². The van der Waals surface area contributed by atoms with Crippen molar-refractivity contribution in [2.75, 3.05) is 0 Å². The van der Waals surface area contributed by atoms with Crippen molar-refractivity contribution in [3.8, 4) is 33.6 Å². The predicted molar refractivity (Wildman–Crippen MR) is 186 cm³/mol. The van der Waals surface area contributed by atoms with Gasteiger partial charge in [0.1, 0.15) is 0 Å². The summed E-state index contributed by atoms with van der Waals surface area (Å²) in [5.74, 6) is 0. The van der Waals surface area contributed by atoms with Crippen LogP contribution in [0.15, 0.2) is 170 Å². The van der Waals surface area contributed by atoms with E-state index in [-0.39, 0.29) is 0 Å². The highest BCUT2D eigenvalue weighted by atomic mass is 15.0. The van der Waals surface area contributed by atoms with E-state index in [1.54, 1.807) is 0 Å². The van der Waals surface area contributed by atoms with E-state index in [1.165, 1.54) is 71.6 Å². The lowest BCUT2D eigenvalue weighted by atomic mass is 9.97. The van der Waals surface area contributed by atoms with Gasteiger partial charge < -0.3 is 9.13 Å². The molecule has 0 aliphatic rings. The van der Waals surface area contributed by atoms with E-state index in [0.717, 1.165) is 5.69 Å². The standard InChI is InChI=1S/C42H28N2/c1-4-13-29(14-5-1)30-15-12-16-31(27-30)32-23-24-38-36(28-32)42-40(44(38)34-19-8-3-9-20-34)26-25-39-41(42)35-21-10-11-22-37(35)43(39)33-17-6-2-7-18-33/h1-28H. The van der Waals surface area contributed by atoms with Crippen molar-refractivity contribution in [1.82, 2.24) is 9.13 Å². The molecule has 206 valence electrons. The van der Waals surface area contributed by atoms with Gasteiger partial charge in [0.15, 0.2) is 0 Å². The Morgan fingerprint density at radius 1 is 0.273 bits per heavy atom. The van der Waals surface area contributed by atoms with Crippen LogP contribution in [0.4, 0.5) is 0 Å². The van der Waals surface area contributed by atoms with Crippen molar-refractivity contribution in [3.63, 3.8) is 0 Å². The number of hydrogen-bond donors (Lipinski definition) is 0. The molecular formula is C42H28N2. The lowest BCUT2D eigenvalue weighted by Gasteiger charge is -2.09. The number of hydrogen-bond acceptors (Lipinski definition) is 0. The highest BCUT2D eigenvalue weighted by Crippen LogP contribution is 2.43. The van der Waals surface area contributed by atoms with Crippen molar-refractivity contribution in [2.24, 2.45) is 0 Å². The van der Waals surface area contributed by atoms with Crippen molar-refractivity contribution in [1.29, 1.82) is 0 Å². The third kappa shape index (κ3) is 3.75. The van der Waals surface area contributed by atoms with Crippen LogP contribution in [-0.2, 0) is 0 Å². The van der Waals surface area contributed by atoms with E-state index in [1.807, 2.05) is 0 Å². The number of para-hydroxylation sites is 3. The summed E-state index contributed by atoms with van der Waals surface area (Å²) < 4.78 is 4.83. The quantitative estimate of drug-likeness (QED) is 0.203. The molecule has 2 heteroatoms. The third-order valence-electron chi connectivity index (χ3n) is 8.90. The highest BCUT2D eigenvalue weighted by Gasteiger charge is 2.20. The molecule has 2 nitrogen and oxygen atoms in total. The fourth-order valence-electron chi connectivity index (χ4n) is 6.97. The lowest BCUT2D eigenvalue weighted by molar-refractivity contribution is 1.17. The van der Waals surface area contributed by atoms with E-state index in [2.05, 4.69) is 179 Å². The second-order valence-electron chi connectivity index (χ2n) is 11.4. The fraction of sp³-hybridized carbons (Fsp3) is 0. The smallest absolute Gasteiger partial charge is 0.0548 e. The average molecular weight is 561 g/mol. The summed E-state index contributed by atoms with van der Waals surface area (Å²) in [6, 6.07) is 61.3. The van der Waals surface area contributed by atoms with Crippen molar-refractivity contribution >= 4 is 43.6 Å². The second kappa shape index (κ2) is 9.86. The minimum absolute atomic E-state index is 1.16. The van der Waals surface area contributed by atoms with Gasteiger partial charge >= 0.3 is 0 Å². The summed E-state index contributed by atoms with van der Waals surface area (Å²) in [5, 5.41) is 5.10. The maximum Gasteiger partial charge on any atom is 0.0548 e. The van der Waals surface area contributed by atoms with Gasteiger partial charge in [0, 0.05) is 32.9 Å². The zero-order chi connectivity index (χ0) is 29.0. The van der Waals surface area contributed by atoms with Gasteiger partial charge in [-0.15, -0.1) is 0 Å². The Morgan fingerprint density at radius 2 is 0.727 bits per heavy atom. The highest BCUT2D eigenvalue weighted by molar-refractivity contribution is 6.29. The van der Waals surface area contributed by atoms with E-state index >= 15 is 0 Å². The van der Waals surface area contributed by atoms with Gasteiger partial charge in [-0.3, -0.25) is 0 Å². The van der Waals surface area contributed by atoms with Gasteiger partial charge in [-0.05, 0) is 82.9 Å². The molecule has 0 bridgehead atoms. The molecule has 0 aliphatic heterocycles. The van der Waals surface area contributed by atoms with Crippen LogP contribution < -0.4 is 0 Å². The SMILES string of the molecule is c1ccc(-c2cccc(-c3ccc4c(c3)c3c5c6ccccc6n(-c6ccccc6)c5ccc3n4-c3ccccc3)c2)cc1. The molecule has 0 N–H and O–H groups in total. The molecule has 0 saturated heterocycles. The van der Waals surface area contributed by atoms with Crippen LogP contribution >= 0.6 is 0 Å². The molecule has 2 heterocycles. The Labute approximate surface area is 255 Å². The van der Waals surface area contributed by atoms with Gasteiger partial charge in [-0.1, -0.05) is 109 Å². The average Bonchev–Trinajstić information content (AvgIpc) is 3.62. The van der Waals surface area contributed by atoms with E-state index in [4.69, 9.17) is 0 Å². The lowest BCUT2D eigenvalue weighted by Crippen LogP contribution is -1.94. The fourth-order valence-corrected chi connectivity index (χ4v) is 6.97. The Bertz CT molecular complexity index is 2470.